The second-order valence-electron chi connectivity index (χ2n) is 3.64. The van der Waals surface area contributed by atoms with E-state index in [4.69, 9.17) is 5.41 Å². The third-order valence-corrected chi connectivity index (χ3v) is 2.50. The molecule has 0 spiro atoms. The molecular weight excluding hydrogens is 200 g/mol. The third kappa shape index (κ3) is 3.02. The highest BCUT2D eigenvalue weighted by atomic mass is 15.2. The van der Waals surface area contributed by atoms with Gasteiger partial charge in [0.05, 0.1) is 11.4 Å². The zero-order valence-electron chi connectivity index (χ0n) is 10.3. The highest BCUT2D eigenvalue weighted by Gasteiger charge is 2.08. The molecule has 4 nitrogen and oxygen atoms in total. The SMILES string of the molecule is CCCC(=N)c1ccnc(N(CC)CC)n1. The fourth-order valence-corrected chi connectivity index (χ4v) is 1.55. The van der Waals surface area contributed by atoms with Gasteiger partial charge in [0.15, 0.2) is 0 Å². The lowest BCUT2D eigenvalue weighted by Gasteiger charge is -2.18. The van der Waals surface area contributed by atoms with Gasteiger partial charge in [-0.05, 0) is 26.3 Å². The summed E-state index contributed by atoms with van der Waals surface area (Å²) in [4.78, 5) is 10.8. The Kier molecular flexibility index (Phi) is 4.89. The fraction of sp³-hybridized carbons (Fsp3) is 0.583. The molecule has 1 rings (SSSR count). The van der Waals surface area contributed by atoms with E-state index in [1.165, 1.54) is 0 Å². The first-order valence-corrected chi connectivity index (χ1v) is 5.88. The lowest BCUT2D eigenvalue weighted by Crippen LogP contribution is -2.24. The second-order valence-corrected chi connectivity index (χ2v) is 3.64. The predicted octanol–water partition coefficient (Wildman–Crippen LogP) is 2.49. The van der Waals surface area contributed by atoms with Crippen molar-refractivity contribution >= 4 is 11.7 Å². The van der Waals surface area contributed by atoms with E-state index in [0.29, 0.717) is 5.71 Å². The average molecular weight is 220 g/mol. The van der Waals surface area contributed by atoms with Crippen LogP contribution in [0, 0.1) is 5.41 Å². The number of rotatable bonds is 6. The molecule has 4 heteroatoms. The zero-order valence-corrected chi connectivity index (χ0v) is 10.3. The van der Waals surface area contributed by atoms with E-state index in [9.17, 15) is 0 Å². The molecule has 0 amide bonds. The normalized spacial score (nSPS) is 10.2. The maximum absolute atomic E-state index is 7.87. The molecule has 0 atom stereocenters. The van der Waals surface area contributed by atoms with Crippen LogP contribution in [0.15, 0.2) is 12.3 Å². The van der Waals surface area contributed by atoms with Crippen molar-refractivity contribution in [1.29, 1.82) is 5.41 Å². The van der Waals surface area contributed by atoms with Gasteiger partial charge in [0.2, 0.25) is 5.95 Å². The Morgan fingerprint density at radius 2 is 2.00 bits per heavy atom. The van der Waals surface area contributed by atoms with Gasteiger partial charge in [-0.25, -0.2) is 9.97 Å². The summed E-state index contributed by atoms with van der Waals surface area (Å²) in [6.07, 6.45) is 3.48. The highest BCUT2D eigenvalue weighted by Crippen LogP contribution is 2.09. The summed E-state index contributed by atoms with van der Waals surface area (Å²) in [6, 6.07) is 1.81. The van der Waals surface area contributed by atoms with Crippen LogP contribution in [0.2, 0.25) is 0 Å². The molecule has 0 aliphatic rings. The number of hydrogen-bond acceptors (Lipinski definition) is 4. The number of nitrogens with zero attached hydrogens (tertiary/aromatic N) is 3. The average Bonchev–Trinajstić information content (AvgIpc) is 2.31. The van der Waals surface area contributed by atoms with E-state index in [1.807, 2.05) is 6.07 Å². The van der Waals surface area contributed by atoms with Crippen LogP contribution in [0.3, 0.4) is 0 Å². The number of hydrogen-bond donors (Lipinski definition) is 1. The van der Waals surface area contributed by atoms with Gasteiger partial charge in [0, 0.05) is 19.3 Å². The van der Waals surface area contributed by atoms with Gasteiger partial charge in [-0.2, -0.15) is 0 Å². The van der Waals surface area contributed by atoms with E-state index in [-0.39, 0.29) is 0 Å². The Balaban J connectivity index is 2.89. The molecule has 1 aromatic heterocycles. The zero-order chi connectivity index (χ0) is 12.0. The molecule has 0 aliphatic heterocycles. The number of anilines is 1. The van der Waals surface area contributed by atoms with Crippen LogP contribution in [0.5, 0.6) is 0 Å². The van der Waals surface area contributed by atoms with Crippen LogP contribution in [0.4, 0.5) is 5.95 Å². The third-order valence-electron chi connectivity index (χ3n) is 2.50. The van der Waals surface area contributed by atoms with Gasteiger partial charge in [0.25, 0.3) is 0 Å². The summed E-state index contributed by atoms with van der Waals surface area (Å²) >= 11 is 0. The summed E-state index contributed by atoms with van der Waals surface area (Å²) < 4.78 is 0. The largest absolute Gasteiger partial charge is 0.341 e. The lowest BCUT2D eigenvalue weighted by molar-refractivity contribution is 0.818. The first kappa shape index (κ1) is 12.6. The molecular formula is C12H20N4. The van der Waals surface area contributed by atoms with Crippen LogP contribution in [-0.4, -0.2) is 28.8 Å². The van der Waals surface area contributed by atoms with Gasteiger partial charge >= 0.3 is 0 Å². The van der Waals surface area contributed by atoms with E-state index >= 15 is 0 Å². The minimum Gasteiger partial charge on any atom is -0.341 e. The van der Waals surface area contributed by atoms with Gasteiger partial charge in [0.1, 0.15) is 0 Å². The smallest absolute Gasteiger partial charge is 0.225 e. The molecule has 0 aliphatic carbocycles. The van der Waals surface area contributed by atoms with Crippen molar-refractivity contribution in [2.45, 2.75) is 33.6 Å². The minimum atomic E-state index is 0.596. The summed E-state index contributed by atoms with van der Waals surface area (Å²) in [5, 5.41) is 7.87. The van der Waals surface area contributed by atoms with Crippen LogP contribution in [0.1, 0.15) is 39.3 Å². The molecule has 0 saturated heterocycles. The molecule has 0 bridgehead atoms. The van der Waals surface area contributed by atoms with Crippen molar-refractivity contribution in [3.05, 3.63) is 18.0 Å². The Morgan fingerprint density at radius 1 is 1.31 bits per heavy atom. The van der Waals surface area contributed by atoms with Crippen LogP contribution in [0.25, 0.3) is 0 Å². The standard InChI is InChI=1S/C12H20N4/c1-4-7-10(13)11-8-9-14-12(15-11)16(5-2)6-3/h8-9,13H,4-7H2,1-3H3. The van der Waals surface area contributed by atoms with Crippen molar-refractivity contribution in [3.8, 4) is 0 Å². The molecule has 1 heterocycles. The highest BCUT2D eigenvalue weighted by molar-refractivity contribution is 5.96. The van der Waals surface area contributed by atoms with Crippen molar-refractivity contribution < 1.29 is 0 Å². The van der Waals surface area contributed by atoms with Crippen molar-refractivity contribution in [1.82, 2.24) is 9.97 Å². The minimum absolute atomic E-state index is 0.596. The first-order chi connectivity index (χ1) is 7.72. The topological polar surface area (TPSA) is 52.9 Å². The summed E-state index contributed by atoms with van der Waals surface area (Å²) in [7, 11) is 0. The van der Waals surface area contributed by atoms with Gasteiger partial charge in [-0.15, -0.1) is 0 Å². The predicted molar refractivity (Wildman–Crippen MR) is 67.3 cm³/mol. The van der Waals surface area contributed by atoms with Crippen molar-refractivity contribution in [2.24, 2.45) is 0 Å². The van der Waals surface area contributed by atoms with Gasteiger partial charge < -0.3 is 10.3 Å². The van der Waals surface area contributed by atoms with Crippen LogP contribution >= 0.6 is 0 Å². The Labute approximate surface area is 97.2 Å². The molecule has 1 aromatic rings. The monoisotopic (exact) mass is 220 g/mol. The maximum Gasteiger partial charge on any atom is 0.225 e. The molecule has 88 valence electrons. The van der Waals surface area contributed by atoms with E-state index in [2.05, 4.69) is 35.6 Å². The fourth-order valence-electron chi connectivity index (χ4n) is 1.55. The maximum atomic E-state index is 7.87. The Hall–Kier alpha value is -1.45. The van der Waals surface area contributed by atoms with Crippen LogP contribution < -0.4 is 4.90 Å². The van der Waals surface area contributed by atoms with Crippen LogP contribution in [-0.2, 0) is 0 Å². The summed E-state index contributed by atoms with van der Waals surface area (Å²) in [6.45, 7) is 8.01. The summed E-state index contributed by atoms with van der Waals surface area (Å²) in [5.74, 6) is 0.725. The molecule has 0 saturated carbocycles. The first-order valence-electron chi connectivity index (χ1n) is 5.88. The molecule has 0 unspecified atom stereocenters. The molecule has 1 N–H and O–H groups in total. The van der Waals surface area contributed by atoms with E-state index in [0.717, 1.165) is 37.6 Å². The number of nitrogens with one attached hydrogen (secondary N) is 1. The summed E-state index contributed by atoms with van der Waals surface area (Å²) in [5.41, 5.74) is 1.34. The number of aromatic nitrogens is 2. The quantitative estimate of drug-likeness (QED) is 0.749. The lowest BCUT2D eigenvalue weighted by atomic mass is 10.1. The van der Waals surface area contributed by atoms with Gasteiger partial charge in [-0.3, -0.25) is 0 Å². The second kappa shape index (κ2) is 6.20. The Bertz CT molecular complexity index is 345. The molecule has 0 aromatic carbocycles. The Morgan fingerprint density at radius 3 is 2.56 bits per heavy atom. The van der Waals surface area contributed by atoms with Gasteiger partial charge in [-0.1, -0.05) is 13.3 Å². The molecule has 0 radical (unpaired) electrons. The van der Waals surface area contributed by atoms with Crippen molar-refractivity contribution in [2.75, 3.05) is 18.0 Å². The molecule has 0 fully saturated rings. The van der Waals surface area contributed by atoms with E-state index < -0.39 is 0 Å². The molecule has 16 heavy (non-hydrogen) atoms. The van der Waals surface area contributed by atoms with Crippen molar-refractivity contribution in [3.63, 3.8) is 0 Å². The van der Waals surface area contributed by atoms with E-state index in [1.54, 1.807) is 6.20 Å².